The summed E-state index contributed by atoms with van der Waals surface area (Å²) in [4.78, 5) is 4.76. The summed E-state index contributed by atoms with van der Waals surface area (Å²) < 4.78 is 0. The van der Waals surface area contributed by atoms with E-state index < -0.39 is 0 Å². The van der Waals surface area contributed by atoms with Gasteiger partial charge in [-0.25, -0.2) is 0 Å². The van der Waals surface area contributed by atoms with E-state index in [9.17, 15) is 0 Å². The standard InChI is InChI=1S/C17H18N2/c1-11(2)17-13(4)19-16(14-7-5-6-8-14)9-15(17)12(3)10-18/h5-7,9,13H,3,8H2,1-2,4H3. The van der Waals surface area contributed by atoms with E-state index in [-0.39, 0.29) is 6.04 Å². The molecule has 2 aliphatic rings. The van der Waals surface area contributed by atoms with Crippen molar-refractivity contribution in [2.24, 2.45) is 4.99 Å². The fourth-order valence-electron chi connectivity index (χ4n) is 2.56. The zero-order valence-corrected chi connectivity index (χ0v) is 11.7. The summed E-state index contributed by atoms with van der Waals surface area (Å²) in [6, 6.07) is 2.24. The van der Waals surface area contributed by atoms with Crippen LogP contribution in [0.3, 0.4) is 0 Å². The Hall–Kier alpha value is -2.14. The first-order chi connectivity index (χ1) is 9.04. The molecule has 2 nitrogen and oxygen atoms in total. The maximum absolute atomic E-state index is 9.14. The highest BCUT2D eigenvalue weighted by Crippen LogP contribution is 2.31. The van der Waals surface area contributed by atoms with Crippen LogP contribution < -0.4 is 0 Å². The largest absolute Gasteiger partial charge is 0.277 e. The molecule has 0 N–H and O–H groups in total. The molecule has 0 fully saturated rings. The molecule has 0 saturated heterocycles. The number of hydrogen-bond acceptors (Lipinski definition) is 2. The predicted molar refractivity (Wildman–Crippen MR) is 79.9 cm³/mol. The summed E-state index contributed by atoms with van der Waals surface area (Å²) >= 11 is 0. The summed E-state index contributed by atoms with van der Waals surface area (Å²) in [5.74, 6) is 0. The maximum Gasteiger partial charge on any atom is 0.0991 e. The second kappa shape index (κ2) is 5.24. The molecule has 1 atom stereocenters. The first-order valence-corrected chi connectivity index (χ1v) is 6.47. The number of allylic oxidation sites excluding steroid dienone is 7. The number of aliphatic imine (C=N–C) groups is 1. The van der Waals surface area contributed by atoms with E-state index in [0.717, 1.165) is 23.3 Å². The molecule has 0 aromatic carbocycles. The summed E-state index contributed by atoms with van der Waals surface area (Å²) in [5, 5.41) is 9.14. The first kappa shape index (κ1) is 13.3. The summed E-state index contributed by atoms with van der Waals surface area (Å²) in [5.41, 5.74) is 5.96. The van der Waals surface area contributed by atoms with Gasteiger partial charge >= 0.3 is 0 Å². The van der Waals surface area contributed by atoms with Crippen LogP contribution in [-0.2, 0) is 0 Å². The highest BCUT2D eigenvalue weighted by atomic mass is 14.8. The molecular formula is C17H18N2. The Kier molecular flexibility index (Phi) is 3.66. The molecule has 0 amide bonds. The van der Waals surface area contributed by atoms with E-state index in [0.29, 0.717) is 5.57 Å². The third-order valence-electron chi connectivity index (χ3n) is 3.42. The second-order valence-electron chi connectivity index (χ2n) is 5.08. The van der Waals surface area contributed by atoms with Crippen molar-refractivity contribution in [2.75, 3.05) is 0 Å². The van der Waals surface area contributed by atoms with Crippen LogP contribution in [0.2, 0.25) is 0 Å². The number of nitrogens with zero attached hydrogens (tertiary/aromatic N) is 2. The number of nitriles is 1. The van der Waals surface area contributed by atoms with Crippen molar-refractivity contribution in [3.63, 3.8) is 0 Å². The topological polar surface area (TPSA) is 36.1 Å². The third kappa shape index (κ3) is 2.51. The molecule has 1 unspecified atom stereocenters. The van der Waals surface area contributed by atoms with Gasteiger partial charge in [-0.05, 0) is 50.0 Å². The van der Waals surface area contributed by atoms with Crippen molar-refractivity contribution in [3.05, 3.63) is 58.7 Å². The molecular weight excluding hydrogens is 232 g/mol. The lowest BCUT2D eigenvalue weighted by atomic mass is 9.86. The Morgan fingerprint density at radius 2 is 2.21 bits per heavy atom. The van der Waals surface area contributed by atoms with Crippen LogP contribution in [0.4, 0.5) is 0 Å². The van der Waals surface area contributed by atoms with Crippen molar-refractivity contribution >= 4 is 5.71 Å². The van der Waals surface area contributed by atoms with Crippen molar-refractivity contribution in [1.29, 1.82) is 5.26 Å². The molecule has 0 spiro atoms. The molecule has 0 radical (unpaired) electrons. The SMILES string of the molecule is C=C(C#N)C1=CC(C2=CC=CC2)=NC(C)C1=C(C)C. The molecule has 1 heterocycles. The van der Waals surface area contributed by atoms with Crippen LogP contribution in [0.25, 0.3) is 0 Å². The number of hydrogen-bond donors (Lipinski definition) is 0. The predicted octanol–water partition coefficient (Wildman–Crippen LogP) is 4.06. The van der Waals surface area contributed by atoms with Gasteiger partial charge in [0.25, 0.3) is 0 Å². The molecule has 0 aromatic heterocycles. The average molecular weight is 250 g/mol. The minimum Gasteiger partial charge on any atom is -0.277 e. The molecule has 1 aliphatic heterocycles. The van der Waals surface area contributed by atoms with Crippen molar-refractivity contribution in [2.45, 2.75) is 33.2 Å². The average Bonchev–Trinajstić information content (AvgIpc) is 2.90. The quantitative estimate of drug-likeness (QED) is 0.681. The molecule has 96 valence electrons. The van der Waals surface area contributed by atoms with E-state index in [1.54, 1.807) is 0 Å². The van der Waals surface area contributed by atoms with Crippen molar-refractivity contribution < 1.29 is 0 Å². The van der Waals surface area contributed by atoms with Gasteiger partial charge in [0, 0.05) is 0 Å². The molecule has 0 aromatic rings. The smallest absolute Gasteiger partial charge is 0.0991 e. The van der Waals surface area contributed by atoms with Crippen LogP contribution in [0.1, 0.15) is 27.2 Å². The van der Waals surface area contributed by atoms with Crippen LogP contribution in [0.5, 0.6) is 0 Å². The second-order valence-corrected chi connectivity index (χ2v) is 5.08. The lowest BCUT2D eigenvalue weighted by Crippen LogP contribution is -2.18. The zero-order valence-electron chi connectivity index (χ0n) is 11.7. The van der Waals surface area contributed by atoms with E-state index >= 15 is 0 Å². The van der Waals surface area contributed by atoms with Crippen LogP contribution in [0.15, 0.2) is 63.7 Å². The Balaban J connectivity index is 2.50. The van der Waals surface area contributed by atoms with Gasteiger partial charge < -0.3 is 0 Å². The zero-order chi connectivity index (χ0) is 14.0. The van der Waals surface area contributed by atoms with Gasteiger partial charge in [-0.2, -0.15) is 5.26 Å². The van der Waals surface area contributed by atoms with Gasteiger partial charge in [-0.15, -0.1) is 0 Å². The number of dihydropyridines is 1. The van der Waals surface area contributed by atoms with Gasteiger partial charge in [0.2, 0.25) is 0 Å². The van der Waals surface area contributed by atoms with Gasteiger partial charge in [0.1, 0.15) is 0 Å². The van der Waals surface area contributed by atoms with Gasteiger partial charge in [-0.3, -0.25) is 4.99 Å². The minimum atomic E-state index is 0.0756. The monoisotopic (exact) mass is 250 g/mol. The summed E-state index contributed by atoms with van der Waals surface area (Å²) in [6.07, 6.45) is 9.17. The molecule has 0 bridgehead atoms. The Morgan fingerprint density at radius 1 is 1.47 bits per heavy atom. The highest BCUT2D eigenvalue weighted by Gasteiger charge is 2.23. The summed E-state index contributed by atoms with van der Waals surface area (Å²) in [7, 11) is 0. The molecule has 0 saturated carbocycles. The highest BCUT2D eigenvalue weighted by molar-refractivity contribution is 6.11. The molecule has 2 rings (SSSR count). The normalized spacial score (nSPS) is 21.5. The lowest BCUT2D eigenvalue weighted by molar-refractivity contribution is 0.850. The van der Waals surface area contributed by atoms with Crippen LogP contribution >= 0.6 is 0 Å². The Labute approximate surface area is 114 Å². The van der Waals surface area contributed by atoms with Gasteiger partial charge in [0.05, 0.1) is 23.4 Å². The first-order valence-electron chi connectivity index (χ1n) is 6.47. The van der Waals surface area contributed by atoms with Crippen LogP contribution in [-0.4, -0.2) is 11.8 Å². The van der Waals surface area contributed by atoms with Gasteiger partial charge in [0.15, 0.2) is 0 Å². The Morgan fingerprint density at radius 3 is 2.74 bits per heavy atom. The lowest BCUT2D eigenvalue weighted by Gasteiger charge is -2.23. The third-order valence-corrected chi connectivity index (χ3v) is 3.42. The van der Waals surface area contributed by atoms with Gasteiger partial charge in [-0.1, -0.05) is 30.4 Å². The van der Waals surface area contributed by atoms with E-state index in [1.807, 2.05) is 12.2 Å². The fourth-order valence-corrected chi connectivity index (χ4v) is 2.56. The van der Waals surface area contributed by atoms with Crippen LogP contribution in [0, 0.1) is 11.3 Å². The molecule has 2 heteroatoms. The van der Waals surface area contributed by atoms with E-state index in [1.165, 1.54) is 11.1 Å². The Bertz CT molecular complexity index is 612. The summed E-state index contributed by atoms with van der Waals surface area (Å²) in [6.45, 7) is 10.1. The molecule has 19 heavy (non-hydrogen) atoms. The van der Waals surface area contributed by atoms with E-state index in [4.69, 9.17) is 10.3 Å². The molecule has 1 aliphatic carbocycles. The fraction of sp³-hybridized carbons (Fsp3) is 0.294. The van der Waals surface area contributed by atoms with Crippen molar-refractivity contribution in [1.82, 2.24) is 0 Å². The van der Waals surface area contributed by atoms with E-state index in [2.05, 4.69) is 45.6 Å². The minimum absolute atomic E-state index is 0.0756. The maximum atomic E-state index is 9.14. The van der Waals surface area contributed by atoms with Crippen molar-refractivity contribution in [3.8, 4) is 6.07 Å². The number of rotatable bonds is 2.